The number of urea groups is 1. The standard InChI is InChI=1S/C16H19ClN2O2/c1-11-9-14(12(2)21-11)10-19-16(20)18-8-7-13-5-3-4-6-15(13)17/h3-6,9H,7-8,10H2,1-2H3,(H2,18,19,20). The second kappa shape index (κ2) is 7.18. The highest BCUT2D eigenvalue weighted by Gasteiger charge is 2.06. The Bertz CT molecular complexity index is 622. The molecule has 2 N–H and O–H groups in total. The number of nitrogens with one attached hydrogen (secondary N) is 2. The van der Waals surface area contributed by atoms with Gasteiger partial charge in [0.1, 0.15) is 11.5 Å². The molecule has 0 aliphatic rings. The minimum atomic E-state index is -0.194. The van der Waals surface area contributed by atoms with Crippen molar-refractivity contribution in [3.63, 3.8) is 0 Å². The number of benzene rings is 1. The topological polar surface area (TPSA) is 54.3 Å². The predicted octanol–water partition coefficient (Wildman–Crippen LogP) is 3.59. The maximum Gasteiger partial charge on any atom is 0.315 e. The maximum absolute atomic E-state index is 11.7. The molecule has 0 saturated heterocycles. The number of hydrogen-bond acceptors (Lipinski definition) is 2. The van der Waals surface area contributed by atoms with Gasteiger partial charge in [-0.15, -0.1) is 0 Å². The Morgan fingerprint density at radius 1 is 1.19 bits per heavy atom. The van der Waals surface area contributed by atoms with Gasteiger partial charge in [-0.25, -0.2) is 4.79 Å². The van der Waals surface area contributed by atoms with Gasteiger partial charge in [0.2, 0.25) is 0 Å². The summed E-state index contributed by atoms with van der Waals surface area (Å²) in [5.41, 5.74) is 2.02. The van der Waals surface area contributed by atoms with Crippen LogP contribution >= 0.6 is 11.6 Å². The van der Waals surface area contributed by atoms with Crippen LogP contribution in [0.5, 0.6) is 0 Å². The lowest BCUT2D eigenvalue weighted by atomic mass is 10.1. The van der Waals surface area contributed by atoms with E-state index in [-0.39, 0.29) is 6.03 Å². The lowest BCUT2D eigenvalue weighted by Gasteiger charge is -2.08. The summed E-state index contributed by atoms with van der Waals surface area (Å²) in [6.45, 7) is 4.78. The molecule has 0 aliphatic heterocycles. The van der Waals surface area contributed by atoms with Crippen LogP contribution in [-0.4, -0.2) is 12.6 Å². The molecule has 0 aliphatic carbocycles. The second-order valence-corrected chi connectivity index (χ2v) is 5.30. The molecular formula is C16H19ClN2O2. The number of halogens is 1. The van der Waals surface area contributed by atoms with Crippen molar-refractivity contribution in [1.29, 1.82) is 0 Å². The lowest BCUT2D eigenvalue weighted by Crippen LogP contribution is -2.36. The molecule has 21 heavy (non-hydrogen) atoms. The van der Waals surface area contributed by atoms with Crippen LogP contribution in [0.4, 0.5) is 4.79 Å². The normalized spacial score (nSPS) is 10.4. The predicted molar refractivity (Wildman–Crippen MR) is 83.6 cm³/mol. The molecule has 1 heterocycles. The summed E-state index contributed by atoms with van der Waals surface area (Å²) < 4.78 is 5.41. The molecule has 0 radical (unpaired) electrons. The summed E-state index contributed by atoms with van der Waals surface area (Å²) in [6, 6.07) is 9.37. The Kier molecular flexibility index (Phi) is 5.28. The van der Waals surface area contributed by atoms with Crippen molar-refractivity contribution in [3.8, 4) is 0 Å². The third-order valence-electron chi connectivity index (χ3n) is 3.22. The van der Waals surface area contributed by atoms with Crippen LogP contribution in [-0.2, 0) is 13.0 Å². The number of rotatable bonds is 5. The zero-order valence-electron chi connectivity index (χ0n) is 12.2. The van der Waals surface area contributed by atoms with Gasteiger partial charge in [0.15, 0.2) is 0 Å². The van der Waals surface area contributed by atoms with Crippen molar-refractivity contribution >= 4 is 17.6 Å². The summed E-state index contributed by atoms with van der Waals surface area (Å²) in [7, 11) is 0. The van der Waals surface area contributed by atoms with Gasteiger partial charge in [0.25, 0.3) is 0 Å². The van der Waals surface area contributed by atoms with Gasteiger partial charge < -0.3 is 15.1 Å². The number of hydrogen-bond donors (Lipinski definition) is 2. The number of carbonyl (C=O) groups excluding carboxylic acids is 1. The first-order valence-electron chi connectivity index (χ1n) is 6.87. The monoisotopic (exact) mass is 306 g/mol. The molecule has 0 atom stereocenters. The van der Waals surface area contributed by atoms with Crippen LogP contribution < -0.4 is 10.6 Å². The Balaban J connectivity index is 1.73. The van der Waals surface area contributed by atoms with Crippen molar-refractivity contribution < 1.29 is 9.21 Å². The summed E-state index contributed by atoms with van der Waals surface area (Å²) in [6.07, 6.45) is 0.705. The molecule has 112 valence electrons. The van der Waals surface area contributed by atoms with E-state index < -0.39 is 0 Å². The first kappa shape index (κ1) is 15.4. The van der Waals surface area contributed by atoms with E-state index in [0.29, 0.717) is 19.5 Å². The van der Waals surface area contributed by atoms with Crippen LogP contribution in [0.25, 0.3) is 0 Å². The molecule has 2 amide bonds. The van der Waals surface area contributed by atoms with Gasteiger partial charge in [-0.1, -0.05) is 29.8 Å². The quantitative estimate of drug-likeness (QED) is 0.887. The summed E-state index contributed by atoms with van der Waals surface area (Å²) in [4.78, 5) is 11.7. The number of aryl methyl sites for hydroxylation is 2. The van der Waals surface area contributed by atoms with E-state index in [9.17, 15) is 4.79 Å². The highest BCUT2D eigenvalue weighted by Crippen LogP contribution is 2.15. The Morgan fingerprint density at radius 2 is 1.95 bits per heavy atom. The number of furan rings is 1. The highest BCUT2D eigenvalue weighted by molar-refractivity contribution is 6.31. The Labute approximate surface area is 129 Å². The van der Waals surface area contributed by atoms with Crippen molar-refractivity contribution in [2.24, 2.45) is 0 Å². The van der Waals surface area contributed by atoms with Crippen LogP contribution in [0, 0.1) is 13.8 Å². The Morgan fingerprint density at radius 3 is 2.62 bits per heavy atom. The molecular weight excluding hydrogens is 288 g/mol. The second-order valence-electron chi connectivity index (χ2n) is 4.89. The van der Waals surface area contributed by atoms with E-state index in [2.05, 4.69) is 10.6 Å². The summed E-state index contributed by atoms with van der Waals surface area (Å²) in [5, 5.41) is 6.35. The SMILES string of the molecule is Cc1cc(CNC(=O)NCCc2ccccc2Cl)c(C)o1. The fraction of sp³-hybridized carbons (Fsp3) is 0.312. The average molecular weight is 307 g/mol. The third-order valence-corrected chi connectivity index (χ3v) is 3.59. The van der Waals surface area contributed by atoms with Gasteiger partial charge in [0.05, 0.1) is 0 Å². The van der Waals surface area contributed by atoms with Crippen molar-refractivity contribution in [1.82, 2.24) is 10.6 Å². The molecule has 2 rings (SSSR count). The van der Waals surface area contributed by atoms with Crippen LogP contribution in [0.2, 0.25) is 5.02 Å². The first-order valence-corrected chi connectivity index (χ1v) is 7.25. The van der Waals surface area contributed by atoms with E-state index in [4.69, 9.17) is 16.0 Å². The molecule has 1 aromatic carbocycles. The molecule has 0 spiro atoms. The summed E-state index contributed by atoms with van der Waals surface area (Å²) in [5.74, 6) is 1.69. The molecule has 4 nitrogen and oxygen atoms in total. The van der Waals surface area contributed by atoms with E-state index in [0.717, 1.165) is 27.7 Å². The minimum Gasteiger partial charge on any atom is -0.466 e. The number of amides is 2. The van der Waals surface area contributed by atoms with Gasteiger partial charge in [-0.2, -0.15) is 0 Å². The molecule has 2 aromatic rings. The molecule has 0 saturated carbocycles. The largest absolute Gasteiger partial charge is 0.466 e. The molecule has 0 bridgehead atoms. The molecule has 1 aromatic heterocycles. The van der Waals surface area contributed by atoms with E-state index in [1.165, 1.54) is 0 Å². The summed E-state index contributed by atoms with van der Waals surface area (Å²) >= 11 is 6.06. The average Bonchev–Trinajstić information content (AvgIpc) is 2.77. The van der Waals surface area contributed by atoms with Crippen LogP contribution in [0.1, 0.15) is 22.6 Å². The van der Waals surface area contributed by atoms with Crippen molar-refractivity contribution in [2.75, 3.05) is 6.54 Å². The van der Waals surface area contributed by atoms with E-state index in [1.807, 2.05) is 44.2 Å². The Hall–Kier alpha value is -1.94. The van der Waals surface area contributed by atoms with E-state index in [1.54, 1.807) is 0 Å². The van der Waals surface area contributed by atoms with Crippen LogP contribution in [0.3, 0.4) is 0 Å². The molecule has 0 fully saturated rings. The van der Waals surface area contributed by atoms with Crippen LogP contribution in [0.15, 0.2) is 34.7 Å². The fourth-order valence-electron chi connectivity index (χ4n) is 2.11. The minimum absolute atomic E-state index is 0.194. The lowest BCUT2D eigenvalue weighted by molar-refractivity contribution is 0.240. The first-order chi connectivity index (χ1) is 10.1. The molecule has 5 heteroatoms. The van der Waals surface area contributed by atoms with Gasteiger partial charge in [-0.3, -0.25) is 0 Å². The van der Waals surface area contributed by atoms with Crippen molar-refractivity contribution in [3.05, 3.63) is 58.0 Å². The van der Waals surface area contributed by atoms with E-state index >= 15 is 0 Å². The third kappa shape index (κ3) is 4.53. The zero-order valence-corrected chi connectivity index (χ0v) is 13.0. The zero-order chi connectivity index (χ0) is 15.2. The fourth-order valence-corrected chi connectivity index (χ4v) is 2.34. The highest BCUT2D eigenvalue weighted by atomic mass is 35.5. The van der Waals surface area contributed by atoms with Gasteiger partial charge in [-0.05, 0) is 38.0 Å². The van der Waals surface area contributed by atoms with Crippen molar-refractivity contribution in [2.45, 2.75) is 26.8 Å². The number of carbonyl (C=O) groups is 1. The maximum atomic E-state index is 11.7. The van der Waals surface area contributed by atoms with Gasteiger partial charge >= 0.3 is 6.03 Å². The van der Waals surface area contributed by atoms with Gasteiger partial charge in [0, 0.05) is 23.7 Å². The smallest absolute Gasteiger partial charge is 0.315 e. The molecule has 0 unspecified atom stereocenters.